The Morgan fingerprint density at radius 2 is 2.29 bits per heavy atom. The predicted molar refractivity (Wildman–Crippen MR) is 66.3 cm³/mol. The second-order valence-corrected chi connectivity index (χ2v) is 4.82. The van der Waals surface area contributed by atoms with Crippen LogP contribution in [0.15, 0.2) is 29.2 Å². The SMILES string of the molecule is CSc1cccc(N2C[C@H](C(=O)O)CC2=O)c1. The molecule has 5 heteroatoms. The van der Waals surface area contributed by atoms with Crippen molar-refractivity contribution < 1.29 is 14.7 Å². The molecule has 0 aromatic heterocycles. The fourth-order valence-electron chi connectivity index (χ4n) is 1.90. The van der Waals surface area contributed by atoms with Crippen LogP contribution in [0.25, 0.3) is 0 Å². The molecule has 2 rings (SSSR count). The molecule has 0 saturated carbocycles. The molecule has 0 bridgehead atoms. The zero-order chi connectivity index (χ0) is 12.4. The molecule has 1 atom stereocenters. The molecule has 1 aromatic rings. The molecule has 0 radical (unpaired) electrons. The molecule has 1 N–H and O–H groups in total. The van der Waals surface area contributed by atoms with E-state index in [9.17, 15) is 9.59 Å². The number of aliphatic carboxylic acids is 1. The Bertz CT molecular complexity index is 461. The monoisotopic (exact) mass is 251 g/mol. The van der Waals surface area contributed by atoms with Gasteiger partial charge in [-0.25, -0.2) is 0 Å². The molecule has 1 aliphatic rings. The van der Waals surface area contributed by atoms with E-state index in [0.29, 0.717) is 0 Å². The van der Waals surface area contributed by atoms with E-state index in [1.807, 2.05) is 30.5 Å². The van der Waals surface area contributed by atoms with Crippen molar-refractivity contribution in [1.29, 1.82) is 0 Å². The van der Waals surface area contributed by atoms with Crippen molar-refractivity contribution in [3.63, 3.8) is 0 Å². The third kappa shape index (κ3) is 2.44. The predicted octanol–water partition coefficient (Wildman–Crippen LogP) is 1.85. The van der Waals surface area contributed by atoms with Crippen LogP contribution in [-0.4, -0.2) is 29.8 Å². The Balaban J connectivity index is 2.22. The highest BCUT2D eigenvalue weighted by Gasteiger charge is 2.34. The molecule has 1 aromatic carbocycles. The molecule has 17 heavy (non-hydrogen) atoms. The number of thioether (sulfide) groups is 1. The van der Waals surface area contributed by atoms with Gasteiger partial charge in [0.1, 0.15) is 0 Å². The van der Waals surface area contributed by atoms with Crippen LogP contribution >= 0.6 is 11.8 Å². The first-order chi connectivity index (χ1) is 8.11. The summed E-state index contributed by atoms with van der Waals surface area (Å²) in [6.07, 6.45) is 2.06. The van der Waals surface area contributed by atoms with Crippen molar-refractivity contribution in [2.24, 2.45) is 5.92 Å². The number of carbonyl (C=O) groups is 2. The first-order valence-electron chi connectivity index (χ1n) is 5.29. The lowest BCUT2D eigenvalue weighted by molar-refractivity contribution is -0.141. The highest BCUT2D eigenvalue weighted by molar-refractivity contribution is 7.98. The van der Waals surface area contributed by atoms with Gasteiger partial charge < -0.3 is 10.0 Å². The first kappa shape index (κ1) is 12.0. The summed E-state index contributed by atoms with van der Waals surface area (Å²) in [6.45, 7) is 0.270. The maximum absolute atomic E-state index is 11.7. The molecule has 0 aliphatic carbocycles. The van der Waals surface area contributed by atoms with E-state index in [1.54, 1.807) is 16.7 Å². The minimum atomic E-state index is -0.901. The van der Waals surface area contributed by atoms with E-state index in [-0.39, 0.29) is 18.9 Å². The fourth-order valence-corrected chi connectivity index (χ4v) is 2.35. The Kier molecular flexibility index (Phi) is 3.38. The van der Waals surface area contributed by atoms with E-state index in [4.69, 9.17) is 5.11 Å². The van der Waals surface area contributed by atoms with Crippen LogP contribution in [0.3, 0.4) is 0 Å². The summed E-state index contributed by atoms with van der Waals surface area (Å²) in [5.74, 6) is -1.60. The average molecular weight is 251 g/mol. The molecule has 1 amide bonds. The Labute approximate surface area is 104 Å². The van der Waals surface area contributed by atoms with Crippen molar-refractivity contribution in [1.82, 2.24) is 0 Å². The molecule has 0 spiro atoms. The Morgan fingerprint density at radius 1 is 1.53 bits per heavy atom. The van der Waals surface area contributed by atoms with Gasteiger partial charge in [-0.05, 0) is 24.5 Å². The van der Waals surface area contributed by atoms with Crippen molar-refractivity contribution in [3.8, 4) is 0 Å². The minimum absolute atomic E-state index is 0.0961. The molecule has 1 heterocycles. The van der Waals surface area contributed by atoms with Crippen LogP contribution in [0.5, 0.6) is 0 Å². The van der Waals surface area contributed by atoms with Crippen molar-refractivity contribution >= 4 is 29.3 Å². The quantitative estimate of drug-likeness (QED) is 0.833. The molecular formula is C12H13NO3S. The number of anilines is 1. The lowest BCUT2D eigenvalue weighted by atomic mass is 10.1. The largest absolute Gasteiger partial charge is 0.481 e. The van der Waals surface area contributed by atoms with Gasteiger partial charge >= 0.3 is 5.97 Å². The second kappa shape index (κ2) is 4.79. The van der Waals surface area contributed by atoms with Crippen molar-refractivity contribution in [2.75, 3.05) is 17.7 Å². The number of rotatable bonds is 3. The maximum Gasteiger partial charge on any atom is 0.308 e. The highest BCUT2D eigenvalue weighted by Crippen LogP contribution is 2.28. The molecule has 1 fully saturated rings. The number of benzene rings is 1. The van der Waals surface area contributed by atoms with Gasteiger partial charge in [0.2, 0.25) is 5.91 Å². The standard InChI is InChI=1S/C12H13NO3S/c1-17-10-4-2-3-9(6-10)13-7-8(12(15)16)5-11(13)14/h2-4,6,8H,5,7H2,1H3,(H,15,16)/t8-/m1/s1. The molecule has 0 unspecified atom stereocenters. The second-order valence-electron chi connectivity index (χ2n) is 3.95. The fraction of sp³-hybridized carbons (Fsp3) is 0.333. The van der Waals surface area contributed by atoms with Gasteiger partial charge in [0.15, 0.2) is 0 Å². The first-order valence-corrected chi connectivity index (χ1v) is 6.51. The summed E-state index contributed by atoms with van der Waals surface area (Å²) in [6, 6.07) is 7.58. The lowest BCUT2D eigenvalue weighted by Crippen LogP contribution is -2.25. The Hall–Kier alpha value is -1.49. The molecule has 4 nitrogen and oxygen atoms in total. The third-order valence-electron chi connectivity index (χ3n) is 2.84. The smallest absolute Gasteiger partial charge is 0.308 e. The summed E-state index contributed by atoms with van der Waals surface area (Å²) >= 11 is 1.60. The van der Waals surface area contributed by atoms with Gasteiger partial charge in [-0.3, -0.25) is 9.59 Å². The van der Waals surface area contributed by atoms with Crippen LogP contribution in [0.4, 0.5) is 5.69 Å². The van der Waals surface area contributed by atoms with E-state index in [1.165, 1.54) is 0 Å². The molecule has 1 saturated heterocycles. The molecular weight excluding hydrogens is 238 g/mol. The number of amides is 1. The number of carboxylic acids is 1. The Morgan fingerprint density at radius 3 is 2.88 bits per heavy atom. The zero-order valence-corrected chi connectivity index (χ0v) is 10.2. The van der Waals surface area contributed by atoms with E-state index < -0.39 is 11.9 Å². The van der Waals surface area contributed by atoms with Crippen LogP contribution in [0.1, 0.15) is 6.42 Å². The van der Waals surface area contributed by atoms with Gasteiger partial charge in [0, 0.05) is 23.5 Å². The number of carbonyl (C=O) groups excluding carboxylic acids is 1. The molecule has 1 aliphatic heterocycles. The summed E-state index contributed by atoms with van der Waals surface area (Å²) in [5.41, 5.74) is 0.783. The number of carboxylic acid groups (broad SMARTS) is 1. The number of hydrogen-bond donors (Lipinski definition) is 1. The van der Waals surface area contributed by atoms with Gasteiger partial charge in [-0.2, -0.15) is 0 Å². The zero-order valence-electron chi connectivity index (χ0n) is 9.42. The number of nitrogens with zero attached hydrogens (tertiary/aromatic N) is 1. The summed E-state index contributed by atoms with van der Waals surface area (Å²) in [4.78, 5) is 25.2. The maximum atomic E-state index is 11.7. The van der Waals surface area contributed by atoms with Crippen molar-refractivity contribution in [2.45, 2.75) is 11.3 Å². The normalized spacial score (nSPS) is 19.7. The third-order valence-corrected chi connectivity index (χ3v) is 3.56. The van der Waals surface area contributed by atoms with E-state index in [2.05, 4.69) is 0 Å². The lowest BCUT2D eigenvalue weighted by Gasteiger charge is -2.16. The van der Waals surface area contributed by atoms with Crippen LogP contribution in [0.2, 0.25) is 0 Å². The number of hydrogen-bond acceptors (Lipinski definition) is 3. The van der Waals surface area contributed by atoms with E-state index >= 15 is 0 Å². The van der Waals surface area contributed by atoms with Gasteiger partial charge in [0.25, 0.3) is 0 Å². The van der Waals surface area contributed by atoms with Crippen LogP contribution < -0.4 is 4.90 Å². The molecule has 90 valence electrons. The van der Waals surface area contributed by atoms with Gasteiger partial charge in [-0.15, -0.1) is 11.8 Å². The van der Waals surface area contributed by atoms with Crippen LogP contribution in [-0.2, 0) is 9.59 Å². The summed E-state index contributed by atoms with van der Waals surface area (Å²) < 4.78 is 0. The van der Waals surface area contributed by atoms with Gasteiger partial charge in [0.05, 0.1) is 5.92 Å². The van der Waals surface area contributed by atoms with E-state index in [0.717, 1.165) is 10.6 Å². The summed E-state index contributed by atoms with van der Waals surface area (Å²) in [5, 5.41) is 8.91. The van der Waals surface area contributed by atoms with Crippen LogP contribution in [0, 0.1) is 5.92 Å². The minimum Gasteiger partial charge on any atom is -0.481 e. The average Bonchev–Trinajstić information content (AvgIpc) is 2.72. The van der Waals surface area contributed by atoms with Crippen molar-refractivity contribution in [3.05, 3.63) is 24.3 Å². The van der Waals surface area contributed by atoms with Gasteiger partial charge in [-0.1, -0.05) is 6.07 Å². The highest BCUT2D eigenvalue weighted by atomic mass is 32.2. The summed E-state index contributed by atoms with van der Waals surface area (Å²) in [7, 11) is 0. The topological polar surface area (TPSA) is 57.6 Å².